The van der Waals surface area contributed by atoms with Crippen molar-refractivity contribution in [3.63, 3.8) is 0 Å². The quantitative estimate of drug-likeness (QED) is 0.189. The number of nitrogen functional groups attached to an aromatic ring is 1. The largest absolute Gasteiger partial charge is 0.382 e. The first-order valence-electron chi connectivity index (χ1n) is 10.8. The molecule has 3 aromatic rings. The van der Waals surface area contributed by atoms with Crippen LogP contribution < -0.4 is 16.4 Å². The normalized spacial score (nSPS) is 13.7. The SMILES string of the molecule is CC(C)(O)C(=O)SCCOP(=O)(CCOCn1cnc2c(=O)[nH]c(N)nc21)NCc1ccccc1. The molecule has 12 nitrogen and oxygen atoms in total. The second-order valence-corrected chi connectivity index (χ2v) is 11.6. The number of nitrogens with zero attached hydrogens (tertiary/aromatic N) is 3. The van der Waals surface area contributed by atoms with Crippen molar-refractivity contribution in [3.05, 3.63) is 52.6 Å². The zero-order valence-electron chi connectivity index (χ0n) is 19.5. The number of nitrogens with two attached hydrogens (primary N) is 1. The maximum absolute atomic E-state index is 13.4. The summed E-state index contributed by atoms with van der Waals surface area (Å²) in [6.07, 6.45) is 1.47. The van der Waals surface area contributed by atoms with Crippen molar-refractivity contribution in [2.75, 3.05) is 30.9 Å². The highest BCUT2D eigenvalue weighted by atomic mass is 32.2. The van der Waals surface area contributed by atoms with Crippen molar-refractivity contribution in [3.8, 4) is 0 Å². The molecule has 14 heteroatoms. The van der Waals surface area contributed by atoms with E-state index in [0.717, 1.165) is 17.3 Å². The molecule has 1 aromatic carbocycles. The fourth-order valence-electron chi connectivity index (χ4n) is 2.91. The van der Waals surface area contributed by atoms with Crippen LogP contribution in [0.5, 0.6) is 0 Å². The van der Waals surface area contributed by atoms with Crippen molar-refractivity contribution in [1.29, 1.82) is 0 Å². The van der Waals surface area contributed by atoms with Gasteiger partial charge in [0.2, 0.25) is 11.1 Å². The molecule has 0 fully saturated rings. The summed E-state index contributed by atoms with van der Waals surface area (Å²) in [6.45, 7) is 3.29. The van der Waals surface area contributed by atoms with Crippen molar-refractivity contribution < 1.29 is 23.7 Å². The van der Waals surface area contributed by atoms with Crippen molar-refractivity contribution in [2.24, 2.45) is 0 Å². The molecule has 3 rings (SSSR count). The average Bonchev–Trinajstić information content (AvgIpc) is 3.21. The van der Waals surface area contributed by atoms with Gasteiger partial charge >= 0.3 is 0 Å². The number of thioether (sulfide) groups is 1. The van der Waals surface area contributed by atoms with Gasteiger partial charge in [-0.2, -0.15) is 4.98 Å². The van der Waals surface area contributed by atoms with E-state index in [9.17, 15) is 19.3 Å². The third-order valence-corrected chi connectivity index (χ3v) is 7.88. The second kappa shape index (κ2) is 11.9. The summed E-state index contributed by atoms with van der Waals surface area (Å²) in [7, 11) is -3.33. The number of hydrogen-bond acceptors (Lipinski definition) is 10. The van der Waals surface area contributed by atoms with Gasteiger partial charge in [-0.05, 0) is 19.4 Å². The third kappa shape index (κ3) is 7.99. The Morgan fingerprint density at radius 1 is 1.31 bits per heavy atom. The van der Waals surface area contributed by atoms with E-state index in [1.54, 1.807) is 0 Å². The zero-order chi connectivity index (χ0) is 25.5. The van der Waals surface area contributed by atoms with Crippen molar-refractivity contribution >= 4 is 41.5 Å². The lowest BCUT2D eigenvalue weighted by Crippen LogP contribution is -2.29. The molecule has 0 spiro atoms. The molecule has 0 aliphatic rings. The van der Waals surface area contributed by atoms with Crippen LogP contribution in [0.25, 0.3) is 11.2 Å². The van der Waals surface area contributed by atoms with E-state index < -0.39 is 23.8 Å². The molecular weight excluding hydrogens is 495 g/mol. The Morgan fingerprint density at radius 3 is 2.77 bits per heavy atom. The van der Waals surface area contributed by atoms with Gasteiger partial charge in [-0.3, -0.25) is 23.7 Å². The van der Waals surface area contributed by atoms with Gasteiger partial charge < -0.3 is 20.1 Å². The van der Waals surface area contributed by atoms with Crippen LogP contribution in [-0.2, 0) is 31.9 Å². The fraction of sp³-hybridized carbons (Fsp3) is 0.429. The molecule has 0 saturated carbocycles. The fourth-order valence-corrected chi connectivity index (χ4v) is 5.29. The highest BCUT2D eigenvalue weighted by molar-refractivity contribution is 8.13. The Morgan fingerprint density at radius 2 is 2.06 bits per heavy atom. The molecule has 0 aliphatic carbocycles. The standard InChI is InChI=1S/C21H29N6O6PS/c1-21(2,30)19(29)35-11-9-33-34(31,24-12-15-6-4-3-5-7-15)10-8-32-14-27-13-23-16-17(27)25-20(22)26-18(16)28/h3-7,13,30H,8-12,14H2,1-2H3,(H,24,31)(H3,22,25,26,28). The number of rotatable bonds is 13. The predicted molar refractivity (Wildman–Crippen MR) is 134 cm³/mol. The lowest BCUT2D eigenvalue weighted by molar-refractivity contribution is -0.124. The average molecular weight is 525 g/mol. The summed E-state index contributed by atoms with van der Waals surface area (Å²) in [4.78, 5) is 34.2. The smallest absolute Gasteiger partial charge is 0.280 e. The van der Waals surface area contributed by atoms with E-state index in [1.807, 2.05) is 30.3 Å². The van der Waals surface area contributed by atoms with Gasteiger partial charge in [0.1, 0.15) is 12.3 Å². The minimum atomic E-state index is -3.33. The van der Waals surface area contributed by atoms with Gasteiger partial charge in [0.15, 0.2) is 11.2 Å². The topological polar surface area (TPSA) is 174 Å². The molecule has 1 unspecified atom stereocenters. The number of benzene rings is 1. The summed E-state index contributed by atoms with van der Waals surface area (Å²) in [5.41, 5.74) is 5.05. The molecule has 1 atom stereocenters. The molecule has 35 heavy (non-hydrogen) atoms. The Bertz CT molecular complexity index is 1240. The van der Waals surface area contributed by atoms with E-state index in [1.165, 1.54) is 24.7 Å². The number of aromatic amines is 1. The van der Waals surface area contributed by atoms with E-state index in [4.69, 9.17) is 15.0 Å². The number of nitrogens with one attached hydrogen (secondary N) is 2. The molecular formula is C21H29N6O6PS. The second-order valence-electron chi connectivity index (χ2n) is 8.12. The Labute approximate surface area is 206 Å². The number of anilines is 1. The van der Waals surface area contributed by atoms with Gasteiger partial charge in [0, 0.05) is 12.3 Å². The highest BCUT2D eigenvalue weighted by Crippen LogP contribution is 2.42. The molecule has 5 N–H and O–H groups in total. The monoisotopic (exact) mass is 524 g/mol. The summed E-state index contributed by atoms with van der Waals surface area (Å²) in [5, 5.41) is 12.3. The Kier molecular flexibility index (Phi) is 9.22. The minimum absolute atomic E-state index is 0.0149. The van der Waals surface area contributed by atoms with Gasteiger partial charge in [-0.25, -0.2) is 10.1 Å². The lowest BCUT2D eigenvalue weighted by atomic mass is 10.2. The van der Waals surface area contributed by atoms with Crippen LogP contribution >= 0.6 is 19.3 Å². The van der Waals surface area contributed by atoms with E-state index >= 15 is 0 Å². The van der Waals surface area contributed by atoms with Gasteiger partial charge in [0.05, 0.1) is 25.7 Å². The van der Waals surface area contributed by atoms with Crippen molar-refractivity contribution in [2.45, 2.75) is 32.7 Å². The third-order valence-electron chi connectivity index (χ3n) is 4.74. The summed E-state index contributed by atoms with van der Waals surface area (Å²) >= 11 is 0.919. The molecule has 2 aromatic heterocycles. The van der Waals surface area contributed by atoms with Crippen molar-refractivity contribution in [1.82, 2.24) is 24.6 Å². The van der Waals surface area contributed by atoms with Crippen LogP contribution in [0.4, 0.5) is 5.95 Å². The number of imidazole rings is 1. The van der Waals surface area contributed by atoms with Crippen LogP contribution in [0.1, 0.15) is 19.4 Å². The van der Waals surface area contributed by atoms with Crippen LogP contribution in [0.15, 0.2) is 41.5 Å². The predicted octanol–water partition coefficient (Wildman–Crippen LogP) is 1.71. The molecule has 0 amide bonds. The first-order chi connectivity index (χ1) is 16.6. The number of fused-ring (bicyclic) bond motifs is 1. The van der Waals surface area contributed by atoms with E-state index in [-0.39, 0.29) is 49.0 Å². The number of aromatic nitrogens is 4. The highest BCUT2D eigenvalue weighted by Gasteiger charge is 2.26. The lowest BCUT2D eigenvalue weighted by Gasteiger charge is -2.20. The summed E-state index contributed by atoms with van der Waals surface area (Å²) in [5.74, 6) is 0.205. The number of aliphatic hydroxyl groups is 1. The number of ether oxygens (including phenoxy) is 1. The maximum Gasteiger partial charge on any atom is 0.280 e. The molecule has 0 radical (unpaired) electrons. The van der Waals surface area contributed by atoms with Crippen LogP contribution in [0.2, 0.25) is 0 Å². The molecule has 2 heterocycles. The first kappa shape index (κ1) is 27.1. The Balaban J connectivity index is 1.56. The summed E-state index contributed by atoms with van der Waals surface area (Å²) < 4.78 is 26.3. The number of carbonyl (C=O) groups excluding carboxylic acids is 1. The Hall–Kier alpha value is -2.54. The molecule has 0 saturated heterocycles. The molecule has 0 aliphatic heterocycles. The maximum atomic E-state index is 13.4. The zero-order valence-corrected chi connectivity index (χ0v) is 21.2. The summed E-state index contributed by atoms with van der Waals surface area (Å²) in [6, 6.07) is 9.45. The van der Waals surface area contributed by atoms with Crippen LogP contribution in [0.3, 0.4) is 0 Å². The van der Waals surface area contributed by atoms with Gasteiger partial charge in [-0.15, -0.1) is 0 Å². The minimum Gasteiger partial charge on any atom is -0.382 e. The van der Waals surface area contributed by atoms with Gasteiger partial charge in [0.25, 0.3) is 13.1 Å². The van der Waals surface area contributed by atoms with E-state index in [2.05, 4.69) is 20.0 Å². The number of H-pyrrole nitrogens is 1. The number of carbonyl (C=O) groups is 1. The number of hydrogen-bond donors (Lipinski definition) is 4. The van der Waals surface area contributed by atoms with E-state index in [0.29, 0.717) is 6.54 Å². The first-order valence-corrected chi connectivity index (χ1v) is 13.6. The molecule has 190 valence electrons. The van der Waals surface area contributed by atoms with Crippen LogP contribution in [-0.4, -0.2) is 60.5 Å². The van der Waals surface area contributed by atoms with Crippen LogP contribution in [0, 0.1) is 0 Å². The van der Waals surface area contributed by atoms with Gasteiger partial charge in [-0.1, -0.05) is 42.1 Å². The molecule has 0 bridgehead atoms.